The lowest BCUT2D eigenvalue weighted by molar-refractivity contribution is 0.847. The normalized spacial score (nSPS) is 10.0. The zero-order valence-electron chi connectivity index (χ0n) is 7.80. The van der Waals surface area contributed by atoms with Crippen molar-refractivity contribution in [3.63, 3.8) is 0 Å². The summed E-state index contributed by atoms with van der Waals surface area (Å²) in [5.74, 6) is 0. The van der Waals surface area contributed by atoms with Crippen LogP contribution in [0.5, 0.6) is 0 Å². The van der Waals surface area contributed by atoms with E-state index in [9.17, 15) is 0 Å². The van der Waals surface area contributed by atoms with Crippen LogP contribution in [-0.2, 0) is 6.54 Å². The Kier molecular flexibility index (Phi) is 2.36. The van der Waals surface area contributed by atoms with Crippen molar-refractivity contribution in [3.05, 3.63) is 49.1 Å². The smallest absolute Gasteiger partial charge is 0.0595 e. The van der Waals surface area contributed by atoms with Gasteiger partial charge in [0.2, 0.25) is 0 Å². The van der Waals surface area contributed by atoms with E-state index in [1.165, 1.54) is 0 Å². The quantitative estimate of drug-likeness (QED) is 0.789. The van der Waals surface area contributed by atoms with Gasteiger partial charge in [0.25, 0.3) is 0 Å². The van der Waals surface area contributed by atoms with Gasteiger partial charge in [-0.25, -0.2) is 4.68 Å². The zero-order valence-corrected chi connectivity index (χ0v) is 7.80. The van der Waals surface area contributed by atoms with Crippen molar-refractivity contribution >= 4 is 6.20 Å². The summed E-state index contributed by atoms with van der Waals surface area (Å²) in [4.78, 5) is 0. The minimum atomic E-state index is 0.752. The summed E-state index contributed by atoms with van der Waals surface area (Å²) in [6, 6.07) is 3.94. The van der Waals surface area contributed by atoms with Gasteiger partial charge in [0.05, 0.1) is 12.7 Å². The summed E-state index contributed by atoms with van der Waals surface area (Å²) in [7, 11) is 0. The molecule has 4 heteroatoms. The largest absolute Gasteiger partial charge is 0.322 e. The van der Waals surface area contributed by atoms with Gasteiger partial charge in [-0.05, 0) is 12.1 Å². The second-order valence-electron chi connectivity index (χ2n) is 2.94. The summed E-state index contributed by atoms with van der Waals surface area (Å²) < 4.78 is 3.60. The van der Waals surface area contributed by atoms with Crippen molar-refractivity contribution in [3.8, 4) is 0 Å². The van der Waals surface area contributed by atoms with Crippen LogP contribution in [0.3, 0.4) is 0 Å². The molecular formula is C10H12N4. The van der Waals surface area contributed by atoms with Gasteiger partial charge < -0.3 is 5.43 Å². The summed E-state index contributed by atoms with van der Waals surface area (Å²) >= 11 is 0. The molecule has 4 nitrogen and oxygen atoms in total. The van der Waals surface area contributed by atoms with E-state index in [2.05, 4.69) is 17.1 Å². The van der Waals surface area contributed by atoms with E-state index in [1.807, 2.05) is 41.6 Å². The number of hydrogen-bond donors (Lipinski definition) is 1. The summed E-state index contributed by atoms with van der Waals surface area (Å²) in [5.41, 5.74) is 4.33. The van der Waals surface area contributed by atoms with Gasteiger partial charge >= 0.3 is 0 Å². The van der Waals surface area contributed by atoms with E-state index in [4.69, 9.17) is 0 Å². The highest BCUT2D eigenvalue weighted by Crippen LogP contribution is 1.98. The van der Waals surface area contributed by atoms with Gasteiger partial charge in [-0.3, -0.25) is 4.68 Å². The Labute approximate surface area is 82.4 Å². The summed E-state index contributed by atoms with van der Waals surface area (Å²) in [6.45, 7) is 4.38. The second kappa shape index (κ2) is 3.83. The first kappa shape index (κ1) is 8.62. The molecule has 0 atom stereocenters. The van der Waals surface area contributed by atoms with Crippen molar-refractivity contribution in [1.29, 1.82) is 0 Å². The lowest BCUT2D eigenvalue weighted by atomic mass is 10.4. The number of rotatable bonds is 4. The average molecular weight is 188 g/mol. The molecular weight excluding hydrogens is 176 g/mol. The highest BCUT2D eigenvalue weighted by atomic mass is 15.4. The molecule has 0 saturated carbocycles. The molecule has 0 bridgehead atoms. The van der Waals surface area contributed by atoms with Gasteiger partial charge in [0.15, 0.2) is 0 Å². The van der Waals surface area contributed by atoms with E-state index in [-0.39, 0.29) is 0 Å². The van der Waals surface area contributed by atoms with Crippen LogP contribution >= 0.6 is 0 Å². The van der Waals surface area contributed by atoms with Crippen LogP contribution in [0.25, 0.3) is 6.20 Å². The van der Waals surface area contributed by atoms with Crippen LogP contribution in [0.15, 0.2) is 43.5 Å². The Morgan fingerprint density at radius 2 is 2.21 bits per heavy atom. The first-order chi connectivity index (χ1) is 6.88. The third kappa shape index (κ3) is 1.85. The molecule has 0 aromatic carbocycles. The molecule has 1 N–H and O–H groups in total. The van der Waals surface area contributed by atoms with Crippen molar-refractivity contribution in [2.75, 3.05) is 5.43 Å². The molecule has 0 fully saturated rings. The standard InChI is InChI=1S/C10H12N4/c1-2-13-9-10(7-11-13)8-12-14-5-3-4-6-14/h2-7,9,12H,1,8H2. The van der Waals surface area contributed by atoms with Crippen molar-refractivity contribution in [2.24, 2.45) is 0 Å². The van der Waals surface area contributed by atoms with Crippen LogP contribution in [0.2, 0.25) is 0 Å². The molecule has 14 heavy (non-hydrogen) atoms. The molecule has 0 amide bonds. The van der Waals surface area contributed by atoms with E-state index < -0.39 is 0 Å². The fourth-order valence-corrected chi connectivity index (χ4v) is 1.19. The van der Waals surface area contributed by atoms with Gasteiger partial charge in [-0.15, -0.1) is 0 Å². The summed E-state index contributed by atoms with van der Waals surface area (Å²) in [5, 5.41) is 4.08. The molecule has 0 radical (unpaired) electrons. The molecule has 2 aromatic rings. The number of nitrogens with zero attached hydrogens (tertiary/aromatic N) is 3. The van der Waals surface area contributed by atoms with Gasteiger partial charge in [-0.2, -0.15) is 5.10 Å². The fourth-order valence-electron chi connectivity index (χ4n) is 1.19. The van der Waals surface area contributed by atoms with Crippen LogP contribution in [-0.4, -0.2) is 14.5 Å². The molecule has 0 saturated heterocycles. The maximum atomic E-state index is 4.08. The Balaban J connectivity index is 1.95. The van der Waals surface area contributed by atoms with Crippen LogP contribution in [0, 0.1) is 0 Å². The molecule has 0 aliphatic rings. The van der Waals surface area contributed by atoms with E-state index in [0.29, 0.717) is 0 Å². The lowest BCUT2D eigenvalue weighted by Crippen LogP contribution is -2.11. The molecule has 0 unspecified atom stereocenters. The maximum Gasteiger partial charge on any atom is 0.0595 e. The number of nitrogens with one attached hydrogen (secondary N) is 1. The van der Waals surface area contributed by atoms with Crippen LogP contribution in [0.1, 0.15) is 5.56 Å². The monoisotopic (exact) mass is 188 g/mol. The minimum absolute atomic E-state index is 0.752. The van der Waals surface area contributed by atoms with E-state index in [1.54, 1.807) is 10.9 Å². The average Bonchev–Trinajstić information content (AvgIpc) is 2.86. The number of aromatic nitrogens is 3. The predicted molar refractivity (Wildman–Crippen MR) is 56.1 cm³/mol. The summed E-state index contributed by atoms with van der Waals surface area (Å²) in [6.07, 6.45) is 9.33. The second-order valence-corrected chi connectivity index (χ2v) is 2.94. The molecule has 2 aromatic heterocycles. The topological polar surface area (TPSA) is 34.8 Å². The first-order valence-corrected chi connectivity index (χ1v) is 4.41. The van der Waals surface area contributed by atoms with E-state index >= 15 is 0 Å². The van der Waals surface area contributed by atoms with Crippen molar-refractivity contribution in [1.82, 2.24) is 14.5 Å². The Bertz CT molecular complexity index is 399. The molecule has 2 rings (SSSR count). The lowest BCUT2D eigenvalue weighted by Gasteiger charge is -2.04. The van der Waals surface area contributed by atoms with Crippen LogP contribution < -0.4 is 5.43 Å². The maximum absolute atomic E-state index is 4.08. The SMILES string of the molecule is C=Cn1cc(CNn2cccc2)cn1. The van der Waals surface area contributed by atoms with Gasteiger partial charge in [0, 0.05) is 30.4 Å². The molecule has 72 valence electrons. The number of hydrogen-bond acceptors (Lipinski definition) is 2. The van der Waals surface area contributed by atoms with Crippen molar-refractivity contribution in [2.45, 2.75) is 6.54 Å². The Morgan fingerprint density at radius 3 is 2.86 bits per heavy atom. The third-order valence-electron chi connectivity index (χ3n) is 1.91. The first-order valence-electron chi connectivity index (χ1n) is 4.41. The predicted octanol–water partition coefficient (Wildman–Crippen LogP) is 1.53. The fraction of sp³-hybridized carbons (Fsp3) is 0.100. The Hall–Kier alpha value is -1.97. The molecule has 0 spiro atoms. The molecule has 0 aliphatic heterocycles. The third-order valence-corrected chi connectivity index (χ3v) is 1.91. The molecule has 2 heterocycles. The van der Waals surface area contributed by atoms with Crippen LogP contribution in [0.4, 0.5) is 0 Å². The van der Waals surface area contributed by atoms with Crippen molar-refractivity contribution < 1.29 is 0 Å². The molecule has 0 aliphatic carbocycles. The Morgan fingerprint density at radius 1 is 1.43 bits per heavy atom. The highest BCUT2D eigenvalue weighted by molar-refractivity contribution is 5.18. The van der Waals surface area contributed by atoms with Gasteiger partial charge in [0.1, 0.15) is 0 Å². The minimum Gasteiger partial charge on any atom is -0.322 e. The van der Waals surface area contributed by atoms with Gasteiger partial charge in [-0.1, -0.05) is 6.58 Å². The highest BCUT2D eigenvalue weighted by Gasteiger charge is 1.95. The van der Waals surface area contributed by atoms with E-state index in [0.717, 1.165) is 12.1 Å². The zero-order chi connectivity index (χ0) is 9.80.